The molecule has 7 heteroatoms. The van der Waals surface area contributed by atoms with Crippen molar-refractivity contribution in [2.24, 2.45) is 0 Å². The standard InChI is InChI=1S/C14H14FNO4S/c1-21(19,20)16-14(13(17)18)8-7-11(12(15)9-14)10-5-3-2-4-6-10/h2-8,16H,9H2,1H3,(H,17,18). The first kappa shape index (κ1) is 15.4. The Kier molecular flexibility index (Phi) is 3.97. The topological polar surface area (TPSA) is 83.5 Å². The minimum atomic E-state index is -3.80. The normalized spacial score (nSPS) is 22.4. The Morgan fingerprint density at radius 2 is 1.95 bits per heavy atom. The fraction of sp³-hybridized carbons (Fsp3) is 0.214. The van der Waals surface area contributed by atoms with E-state index in [1.54, 1.807) is 30.3 Å². The molecule has 0 saturated heterocycles. The maximum Gasteiger partial charge on any atom is 0.329 e. The van der Waals surface area contributed by atoms with Crippen LogP contribution in [0.4, 0.5) is 4.39 Å². The first-order chi connectivity index (χ1) is 9.73. The molecule has 0 bridgehead atoms. The van der Waals surface area contributed by atoms with Crippen molar-refractivity contribution < 1.29 is 22.7 Å². The minimum Gasteiger partial charge on any atom is -0.480 e. The second-order valence-corrected chi connectivity index (χ2v) is 6.59. The number of carboxylic acids is 1. The number of sulfonamides is 1. The van der Waals surface area contributed by atoms with Gasteiger partial charge in [-0.05, 0) is 5.56 Å². The van der Waals surface area contributed by atoms with E-state index in [2.05, 4.69) is 0 Å². The average molecular weight is 311 g/mol. The van der Waals surface area contributed by atoms with E-state index in [1.807, 2.05) is 4.72 Å². The van der Waals surface area contributed by atoms with Crippen molar-refractivity contribution in [3.63, 3.8) is 0 Å². The molecule has 0 amide bonds. The van der Waals surface area contributed by atoms with Crippen LogP contribution in [-0.4, -0.2) is 31.3 Å². The molecule has 1 aliphatic carbocycles. The van der Waals surface area contributed by atoms with Crippen molar-refractivity contribution in [1.29, 1.82) is 0 Å². The zero-order chi connectivity index (χ0) is 15.7. The second kappa shape index (κ2) is 5.42. The Morgan fingerprint density at radius 1 is 1.33 bits per heavy atom. The summed E-state index contributed by atoms with van der Waals surface area (Å²) >= 11 is 0. The highest BCUT2D eigenvalue weighted by Gasteiger charge is 2.42. The van der Waals surface area contributed by atoms with Crippen LogP contribution in [0, 0.1) is 0 Å². The first-order valence-electron chi connectivity index (χ1n) is 6.09. The summed E-state index contributed by atoms with van der Waals surface area (Å²) in [4.78, 5) is 11.4. The van der Waals surface area contributed by atoms with Crippen LogP contribution in [0.2, 0.25) is 0 Å². The van der Waals surface area contributed by atoms with Crippen molar-refractivity contribution in [3.8, 4) is 0 Å². The number of hydrogen-bond donors (Lipinski definition) is 2. The summed E-state index contributed by atoms with van der Waals surface area (Å²) in [5, 5.41) is 9.26. The van der Waals surface area contributed by atoms with Crippen molar-refractivity contribution in [2.75, 3.05) is 6.26 Å². The fourth-order valence-corrected chi connectivity index (χ4v) is 3.07. The second-order valence-electron chi connectivity index (χ2n) is 4.85. The molecule has 2 N–H and O–H groups in total. The van der Waals surface area contributed by atoms with Gasteiger partial charge in [-0.1, -0.05) is 42.5 Å². The summed E-state index contributed by atoms with van der Waals surface area (Å²) in [6.07, 6.45) is 2.72. The number of aliphatic carboxylic acids is 1. The van der Waals surface area contributed by atoms with Gasteiger partial charge in [0.15, 0.2) is 5.54 Å². The van der Waals surface area contributed by atoms with Crippen molar-refractivity contribution in [2.45, 2.75) is 12.0 Å². The molecule has 1 aromatic rings. The van der Waals surface area contributed by atoms with Gasteiger partial charge in [-0.3, -0.25) is 0 Å². The molecule has 1 unspecified atom stereocenters. The molecule has 112 valence electrons. The molecule has 21 heavy (non-hydrogen) atoms. The zero-order valence-electron chi connectivity index (χ0n) is 11.2. The van der Waals surface area contributed by atoms with Crippen molar-refractivity contribution >= 4 is 21.6 Å². The number of benzene rings is 1. The summed E-state index contributed by atoms with van der Waals surface area (Å²) in [5.74, 6) is -2.13. The monoisotopic (exact) mass is 311 g/mol. The molecule has 0 saturated carbocycles. The average Bonchev–Trinajstić information content (AvgIpc) is 2.37. The number of carboxylic acid groups (broad SMARTS) is 1. The lowest BCUT2D eigenvalue weighted by atomic mass is 9.86. The number of carbonyl (C=O) groups is 1. The predicted molar refractivity (Wildman–Crippen MR) is 76.6 cm³/mol. The lowest BCUT2D eigenvalue weighted by Gasteiger charge is -2.29. The lowest BCUT2D eigenvalue weighted by molar-refractivity contribution is -0.142. The van der Waals surface area contributed by atoms with Gasteiger partial charge < -0.3 is 5.11 Å². The smallest absolute Gasteiger partial charge is 0.329 e. The summed E-state index contributed by atoms with van der Waals surface area (Å²) in [5.41, 5.74) is -1.14. The third-order valence-corrected chi connectivity index (χ3v) is 3.83. The predicted octanol–water partition coefficient (Wildman–Crippen LogP) is 1.70. The largest absolute Gasteiger partial charge is 0.480 e. The molecule has 5 nitrogen and oxygen atoms in total. The molecule has 0 spiro atoms. The van der Waals surface area contributed by atoms with Crippen LogP contribution >= 0.6 is 0 Å². The number of halogens is 1. The maximum absolute atomic E-state index is 14.3. The Labute approximate surface area is 121 Å². The third kappa shape index (κ3) is 3.37. The van der Waals surface area contributed by atoms with Gasteiger partial charge in [0.05, 0.1) is 6.26 Å². The maximum atomic E-state index is 14.3. The van der Waals surface area contributed by atoms with Crippen LogP contribution in [0.5, 0.6) is 0 Å². The van der Waals surface area contributed by atoms with E-state index in [-0.39, 0.29) is 5.57 Å². The van der Waals surface area contributed by atoms with Gasteiger partial charge >= 0.3 is 5.97 Å². The quantitative estimate of drug-likeness (QED) is 0.886. The van der Waals surface area contributed by atoms with Crippen molar-refractivity contribution in [3.05, 3.63) is 53.9 Å². The van der Waals surface area contributed by atoms with E-state index < -0.39 is 33.8 Å². The minimum absolute atomic E-state index is 0.253. The SMILES string of the molecule is CS(=O)(=O)NC1(C(=O)O)C=CC(c2ccccc2)=C(F)C1. The van der Waals surface area contributed by atoms with E-state index in [0.717, 1.165) is 6.26 Å². The number of hydrogen-bond acceptors (Lipinski definition) is 3. The van der Waals surface area contributed by atoms with Gasteiger partial charge in [0.1, 0.15) is 5.83 Å². The van der Waals surface area contributed by atoms with Gasteiger partial charge in [-0.15, -0.1) is 0 Å². The molecule has 0 aliphatic heterocycles. The van der Waals surface area contributed by atoms with Gasteiger partial charge in [-0.25, -0.2) is 17.6 Å². The van der Waals surface area contributed by atoms with Gasteiger partial charge in [0.25, 0.3) is 0 Å². The molecule has 0 heterocycles. The Hall–Kier alpha value is -1.99. The van der Waals surface area contributed by atoms with Crippen LogP contribution in [-0.2, 0) is 14.8 Å². The molecular formula is C14H14FNO4S. The summed E-state index contributed by atoms with van der Waals surface area (Å²) in [7, 11) is -3.80. The molecule has 0 radical (unpaired) electrons. The molecule has 0 aromatic heterocycles. The van der Waals surface area contributed by atoms with Crippen LogP contribution in [0.1, 0.15) is 12.0 Å². The highest BCUT2D eigenvalue weighted by atomic mass is 32.2. The summed E-state index contributed by atoms with van der Waals surface area (Å²) in [6.45, 7) is 0. The van der Waals surface area contributed by atoms with E-state index in [9.17, 15) is 22.7 Å². The number of allylic oxidation sites excluding steroid dienone is 2. The molecule has 2 rings (SSSR count). The lowest BCUT2D eigenvalue weighted by Crippen LogP contribution is -2.53. The zero-order valence-corrected chi connectivity index (χ0v) is 12.0. The van der Waals surface area contributed by atoms with E-state index in [1.165, 1.54) is 12.2 Å². The first-order valence-corrected chi connectivity index (χ1v) is 7.98. The Morgan fingerprint density at radius 3 is 2.43 bits per heavy atom. The highest BCUT2D eigenvalue weighted by Crippen LogP contribution is 2.34. The van der Waals surface area contributed by atoms with Crippen LogP contribution < -0.4 is 4.72 Å². The van der Waals surface area contributed by atoms with Crippen molar-refractivity contribution in [1.82, 2.24) is 4.72 Å². The van der Waals surface area contributed by atoms with E-state index in [4.69, 9.17) is 0 Å². The highest BCUT2D eigenvalue weighted by molar-refractivity contribution is 7.88. The molecular weight excluding hydrogens is 297 g/mol. The van der Waals surface area contributed by atoms with Crippen LogP contribution in [0.25, 0.3) is 5.57 Å². The molecule has 0 fully saturated rings. The fourth-order valence-electron chi connectivity index (χ4n) is 2.18. The number of rotatable bonds is 4. The number of nitrogens with one attached hydrogen (secondary N) is 1. The third-order valence-electron chi connectivity index (χ3n) is 3.09. The van der Waals surface area contributed by atoms with E-state index >= 15 is 0 Å². The Bertz CT molecular complexity index is 725. The molecule has 1 aliphatic rings. The molecule has 1 aromatic carbocycles. The van der Waals surface area contributed by atoms with Gasteiger partial charge in [-0.2, -0.15) is 4.72 Å². The van der Waals surface area contributed by atoms with E-state index in [0.29, 0.717) is 5.56 Å². The molecule has 1 atom stereocenters. The Balaban J connectivity index is 2.41. The van der Waals surface area contributed by atoms with Gasteiger partial charge in [0, 0.05) is 12.0 Å². The van der Waals surface area contributed by atoms with Crippen LogP contribution in [0.15, 0.2) is 48.3 Å². The van der Waals surface area contributed by atoms with Crippen LogP contribution in [0.3, 0.4) is 0 Å². The summed E-state index contributed by atoms with van der Waals surface area (Å²) in [6, 6.07) is 8.63. The summed E-state index contributed by atoms with van der Waals surface area (Å²) < 4.78 is 38.9. The van der Waals surface area contributed by atoms with Gasteiger partial charge in [0.2, 0.25) is 10.0 Å².